The minimum Gasteiger partial charge on any atom is -0.481 e. The van der Waals surface area contributed by atoms with Gasteiger partial charge in [-0.3, -0.25) is 43.2 Å². The summed E-state index contributed by atoms with van der Waals surface area (Å²) in [6.45, 7) is 5.08. The normalized spacial score (nSPS) is 15.5. The number of hydrogen-bond acceptors (Lipinski definition) is 12. The molecule has 290 valence electrons. The van der Waals surface area contributed by atoms with Gasteiger partial charge in [0.25, 0.3) is 0 Å². The lowest BCUT2D eigenvalue weighted by Crippen LogP contribution is -2.61. The highest BCUT2D eigenvalue weighted by atomic mass is 16.4. The van der Waals surface area contributed by atoms with E-state index in [4.69, 9.17) is 15.9 Å². The number of carboxylic acids is 2. The Bertz CT molecular complexity index is 1440. The number of imidazole rings is 1. The number of aliphatic carboxylic acids is 2. The van der Waals surface area contributed by atoms with E-state index in [2.05, 4.69) is 47.2 Å². The summed E-state index contributed by atoms with van der Waals surface area (Å²) in [5.74, 6) is -8.50. The Labute approximate surface area is 298 Å². The van der Waals surface area contributed by atoms with Gasteiger partial charge < -0.3 is 63.3 Å². The molecule has 1 heterocycles. The van der Waals surface area contributed by atoms with Gasteiger partial charge in [0.15, 0.2) is 0 Å². The van der Waals surface area contributed by atoms with Crippen molar-refractivity contribution in [2.45, 2.75) is 108 Å². The lowest BCUT2D eigenvalue weighted by atomic mass is 10.1. The number of rotatable bonds is 23. The molecule has 0 aliphatic heterocycles. The number of carbonyl (C=O) groups is 9. The molecular weight excluding hydrogens is 692 g/mol. The van der Waals surface area contributed by atoms with Gasteiger partial charge >= 0.3 is 11.9 Å². The van der Waals surface area contributed by atoms with Crippen LogP contribution in [0.15, 0.2) is 12.5 Å². The van der Waals surface area contributed by atoms with Crippen molar-refractivity contribution in [3.63, 3.8) is 0 Å². The molecule has 1 aromatic heterocycles. The number of H-pyrrole nitrogens is 1. The van der Waals surface area contributed by atoms with Gasteiger partial charge in [0, 0.05) is 31.2 Å². The van der Waals surface area contributed by atoms with Crippen LogP contribution >= 0.6 is 0 Å². The molecular formula is C30H48N10O12. The second-order valence-corrected chi connectivity index (χ2v) is 11.9. The van der Waals surface area contributed by atoms with Gasteiger partial charge in [0.1, 0.15) is 36.3 Å². The molecule has 22 heteroatoms. The van der Waals surface area contributed by atoms with Crippen LogP contribution in [0.1, 0.15) is 59.1 Å². The number of aliphatic hydroxyl groups is 1. The molecule has 13 N–H and O–H groups in total. The molecule has 0 aliphatic rings. The third-order valence-electron chi connectivity index (χ3n) is 7.55. The van der Waals surface area contributed by atoms with Crippen LogP contribution in [0.25, 0.3) is 0 Å². The van der Waals surface area contributed by atoms with Crippen molar-refractivity contribution in [3.05, 3.63) is 18.2 Å². The van der Waals surface area contributed by atoms with Gasteiger partial charge in [0.2, 0.25) is 41.4 Å². The van der Waals surface area contributed by atoms with Crippen molar-refractivity contribution >= 4 is 53.3 Å². The highest BCUT2D eigenvalue weighted by Crippen LogP contribution is 2.05. The van der Waals surface area contributed by atoms with E-state index in [0.29, 0.717) is 5.69 Å². The van der Waals surface area contributed by atoms with Gasteiger partial charge in [-0.15, -0.1) is 0 Å². The molecule has 0 aromatic carbocycles. The second-order valence-electron chi connectivity index (χ2n) is 11.9. The van der Waals surface area contributed by atoms with Crippen LogP contribution in [0.3, 0.4) is 0 Å². The fourth-order valence-electron chi connectivity index (χ4n) is 4.46. The molecule has 0 radical (unpaired) electrons. The third-order valence-corrected chi connectivity index (χ3v) is 7.55. The maximum Gasteiger partial charge on any atom is 0.303 e. The number of hydrogen-bond donors (Lipinski definition) is 12. The first-order valence-corrected chi connectivity index (χ1v) is 16.1. The zero-order valence-electron chi connectivity index (χ0n) is 29.3. The molecule has 0 bridgehead atoms. The summed E-state index contributed by atoms with van der Waals surface area (Å²) in [7, 11) is 1.45. The zero-order chi connectivity index (χ0) is 39.7. The second kappa shape index (κ2) is 21.5. The summed E-state index contributed by atoms with van der Waals surface area (Å²) in [6, 6.07) is -9.04. The number of amides is 7. The maximum absolute atomic E-state index is 13.3. The molecule has 1 aromatic rings. The molecule has 0 fully saturated rings. The minimum atomic E-state index is -1.67. The summed E-state index contributed by atoms with van der Waals surface area (Å²) < 4.78 is 0. The Balaban J connectivity index is 2.90. The summed E-state index contributed by atoms with van der Waals surface area (Å²) in [5.41, 5.74) is 5.67. The van der Waals surface area contributed by atoms with Crippen LogP contribution in [0, 0.1) is 0 Å². The number of nitrogens with one attached hydrogen (secondary N) is 8. The molecule has 52 heavy (non-hydrogen) atoms. The monoisotopic (exact) mass is 740 g/mol. The molecule has 0 saturated carbocycles. The number of aromatic amines is 1. The Morgan fingerprint density at radius 3 is 1.54 bits per heavy atom. The number of carboxylic acid groups (broad SMARTS) is 2. The molecule has 0 spiro atoms. The Morgan fingerprint density at radius 1 is 0.673 bits per heavy atom. The predicted octanol–water partition coefficient (Wildman–Crippen LogP) is -4.90. The average molecular weight is 741 g/mol. The van der Waals surface area contributed by atoms with Gasteiger partial charge in [-0.25, -0.2) is 4.98 Å². The Morgan fingerprint density at radius 2 is 1.12 bits per heavy atom. The number of carbonyl (C=O) groups excluding carboxylic acids is 7. The fraction of sp³-hybridized carbons (Fsp3) is 0.600. The third kappa shape index (κ3) is 15.5. The minimum absolute atomic E-state index is 0.0308. The van der Waals surface area contributed by atoms with Gasteiger partial charge in [-0.05, 0) is 47.6 Å². The standard InChI is InChI=1S/C30H48N10O12/c1-13(35-26(48)14(2)37-28(50)19(32-5)7-9-22(44)45)25(47)36-15(3)27(49)40-23(16(4)41)30(52)39-20(10-17-11-33-12-34-17)29(51)38-18(24(31)46)6-8-21(42)43/h11-16,18-20,23,32,41H,6-10H2,1-5H3,(H2,31,46)(H,33,34)(H,35,48)(H,36,47)(H,37,50)(H,38,51)(H,39,52)(H,40,49)(H,42,43)(H,44,45)/t13-,14-,15-,16+,18-,19-,20-,23-/m1/s1. The van der Waals surface area contributed by atoms with Crippen molar-refractivity contribution in [2.24, 2.45) is 5.73 Å². The average Bonchev–Trinajstić information content (AvgIpc) is 3.57. The quantitative estimate of drug-likeness (QED) is 0.0501. The molecule has 0 saturated heterocycles. The van der Waals surface area contributed by atoms with Crippen molar-refractivity contribution in [3.8, 4) is 0 Å². The SMILES string of the molecule is CN[C@H](CCC(=O)O)C(=O)N[C@H](C)C(=O)N[C@H](C)C(=O)N[C@H](C)C(=O)N[C@@H](C(=O)N[C@H](Cc1cnc[nH]1)C(=O)N[C@H](CCC(=O)O)C(N)=O)[C@H](C)O. The van der Waals surface area contributed by atoms with E-state index in [-0.39, 0.29) is 25.7 Å². The van der Waals surface area contributed by atoms with Gasteiger partial charge in [-0.1, -0.05) is 0 Å². The largest absolute Gasteiger partial charge is 0.481 e. The van der Waals surface area contributed by atoms with E-state index >= 15 is 0 Å². The Kier molecular flexibility index (Phi) is 18.4. The first-order chi connectivity index (χ1) is 24.3. The van der Waals surface area contributed by atoms with E-state index in [0.717, 1.165) is 0 Å². The fourth-order valence-corrected chi connectivity index (χ4v) is 4.46. The van der Waals surface area contributed by atoms with E-state index < -0.39 is 108 Å². The molecule has 0 aliphatic carbocycles. The molecule has 1 rings (SSSR count). The molecule has 0 unspecified atom stereocenters. The first kappa shape index (κ1) is 44.4. The maximum atomic E-state index is 13.3. The molecule has 8 atom stereocenters. The number of aromatic nitrogens is 2. The number of nitrogens with two attached hydrogens (primary N) is 1. The summed E-state index contributed by atoms with van der Waals surface area (Å²) >= 11 is 0. The van der Waals surface area contributed by atoms with Gasteiger partial charge in [0.05, 0.1) is 18.5 Å². The number of primary amides is 1. The van der Waals surface area contributed by atoms with E-state index in [1.54, 1.807) is 0 Å². The predicted molar refractivity (Wildman–Crippen MR) is 178 cm³/mol. The molecule has 7 amide bonds. The highest BCUT2D eigenvalue weighted by Gasteiger charge is 2.33. The van der Waals surface area contributed by atoms with E-state index in [1.807, 2.05) is 0 Å². The number of nitrogens with zero attached hydrogens (tertiary/aromatic N) is 1. The van der Waals surface area contributed by atoms with Crippen LogP contribution in [0.5, 0.6) is 0 Å². The topological polar surface area (TPSA) is 353 Å². The summed E-state index contributed by atoms with van der Waals surface area (Å²) in [4.78, 5) is 117. The van der Waals surface area contributed by atoms with Gasteiger partial charge in [-0.2, -0.15) is 0 Å². The van der Waals surface area contributed by atoms with Crippen LogP contribution < -0.4 is 43.0 Å². The number of aliphatic hydroxyl groups excluding tert-OH is 1. The van der Waals surface area contributed by atoms with Crippen LogP contribution in [0.4, 0.5) is 0 Å². The van der Waals surface area contributed by atoms with E-state index in [9.17, 15) is 48.3 Å². The van der Waals surface area contributed by atoms with Crippen molar-refractivity contribution in [2.75, 3.05) is 7.05 Å². The van der Waals surface area contributed by atoms with Crippen LogP contribution in [-0.2, 0) is 49.6 Å². The van der Waals surface area contributed by atoms with Crippen molar-refractivity contribution in [1.82, 2.24) is 47.2 Å². The smallest absolute Gasteiger partial charge is 0.303 e. The highest BCUT2D eigenvalue weighted by molar-refractivity contribution is 5.97. The van der Waals surface area contributed by atoms with E-state index in [1.165, 1.54) is 47.3 Å². The lowest BCUT2D eigenvalue weighted by Gasteiger charge is -2.27. The van der Waals surface area contributed by atoms with Crippen LogP contribution in [-0.4, -0.2) is 134 Å². The van der Waals surface area contributed by atoms with Crippen LogP contribution in [0.2, 0.25) is 0 Å². The first-order valence-electron chi connectivity index (χ1n) is 16.1. The Hall–Kier alpha value is -5.64. The molecule has 22 nitrogen and oxygen atoms in total. The zero-order valence-corrected chi connectivity index (χ0v) is 29.3. The van der Waals surface area contributed by atoms with Crippen molar-refractivity contribution < 1.29 is 58.5 Å². The van der Waals surface area contributed by atoms with Crippen molar-refractivity contribution in [1.29, 1.82) is 0 Å². The summed E-state index contributed by atoms with van der Waals surface area (Å²) in [5, 5.41) is 44.9. The lowest BCUT2D eigenvalue weighted by molar-refractivity contribution is -0.138. The number of likely N-dealkylation sites (N-methyl/N-ethyl adjacent to an activating group) is 1. The summed E-state index contributed by atoms with van der Waals surface area (Å²) in [6.07, 6.45) is -0.222.